The lowest BCUT2D eigenvalue weighted by Gasteiger charge is -2.34. The van der Waals surface area contributed by atoms with Crippen LogP contribution in [0.15, 0.2) is 48.7 Å². The summed E-state index contributed by atoms with van der Waals surface area (Å²) in [5, 5.41) is 31.7. The highest BCUT2D eigenvalue weighted by molar-refractivity contribution is 6.00. The van der Waals surface area contributed by atoms with Crippen molar-refractivity contribution in [3.63, 3.8) is 0 Å². The first-order chi connectivity index (χ1) is 29.1. The average Bonchev–Trinajstić information content (AvgIpc) is 3.61. The minimum Gasteiger partial charge on any atom is -0.505 e. The first kappa shape index (κ1) is 48.6. The van der Waals surface area contributed by atoms with Crippen LogP contribution in [0, 0.1) is 17.8 Å². The fraction of sp³-hybridized carbons (Fsp3) is 0.558. The number of hydrogen-bond donors (Lipinski definition) is 6. The van der Waals surface area contributed by atoms with Crippen LogP contribution in [0.3, 0.4) is 0 Å². The molecule has 0 unspecified atom stereocenters. The molecule has 1 aromatic heterocycles. The van der Waals surface area contributed by atoms with E-state index in [0.29, 0.717) is 5.56 Å². The number of aliphatic hydroxyl groups is 1. The minimum atomic E-state index is -1.74. The molecule has 6 N–H and O–H groups in total. The molecule has 2 aliphatic rings. The van der Waals surface area contributed by atoms with Crippen molar-refractivity contribution in [2.75, 3.05) is 27.2 Å². The lowest BCUT2D eigenvalue weighted by molar-refractivity contribution is -0.161. The zero-order valence-electron chi connectivity index (χ0n) is 36.7. The van der Waals surface area contributed by atoms with Gasteiger partial charge in [0.15, 0.2) is 11.7 Å². The summed E-state index contributed by atoms with van der Waals surface area (Å²) in [5.74, 6) is -7.91. The summed E-state index contributed by atoms with van der Waals surface area (Å²) >= 11 is 0. The molecular formula is C43H60N8O11. The van der Waals surface area contributed by atoms with Gasteiger partial charge in [-0.1, -0.05) is 65.0 Å². The van der Waals surface area contributed by atoms with Crippen molar-refractivity contribution >= 4 is 47.3 Å². The molecule has 338 valence electrons. The summed E-state index contributed by atoms with van der Waals surface area (Å²) in [6.45, 7) is 11.0. The predicted octanol–water partition coefficient (Wildman–Crippen LogP) is 0.263. The van der Waals surface area contributed by atoms with E-state index >= 15 is 0 Å². The molecular weight excluding hydrogens is 805 g/mol. The second-order valence-electron chi connectivity index (χ2n) is 16.9. The van der Waals surface area contributed by atoms with E-state index in [1.807, 2.05) is 13.8 Å². The van der Waals surface area contributed by atoms with Crippen LogP contribution in [-0.4, -0.2) is 147 Å². The number of aromatic hydroxyl groups is 1. The van der Waals surface area contributed by atoms with Gasteiger partial charge in [-0.05, 0) is 55.7 Å². The molecule has 19 nitrogen and oxygen atoms in total. The smallest absolute Gasteiger partial charge is 0.333 e. The van der Waals surface area contributed by atoms with Gasteiger partial charge in [-0.15, -0.1) is 0 Å². The van der Waals surface area contributed by atoms with Gasteiger partial charge < -0.3 is 50.9 Å². The summed E-state index contributed by atoms with van der Waals surface area (Å²) in [7, 11) is 2.67. The number of fused-ring (bicyclic) bond motifs is 1. The van der Waals surface area contributed by atoms with Crippen molar-refractivity contribution in [1.82, 2.24) is 41.0 Å². The quantitative estimate of drug-likeness (QED) is 0.205. The number of aromatic nitrogens is 1. The first-order valence-electron chi connectivity index (χ1n) is 20.7. The number of nitrogens with one attached hydrogen (secondary N) is 4. The highest BCUT2D eigenvalue weighted by Crippen LogP contribution is 2.26. The predicted molar refractivity (Wildman–Crippen MR) is 223 cm³/mol. The van der Waals surface area contributed by atoms with Gasteiger partial charge in [0.2, 0.25) is 35.4 Å². The number of carbonyl (C=O) groups is 8. The Balaban J connectivity index is 1.84. The van der Waals surface area contributed by atoms with Crippen molar-refractivity contribution in [1.29, 1.82) is 0 Å². The van der Waals surface area contributed by atoms with Crippen LogP contribution in [0.4, 0.5) is 0 Å². The van der Waals surface area contributed by atoms with E-state index in [2.05, 4.69) is 26.3 Å². The lowest BCUT2D eigenvalue weighted by atomic mass is 9.89. The largest absolute Gasteiger partial charge is 0.505 e. The number of amides is 7. The molecule has 2 aliphatic heterocycles. The molecule has 9 atom stereocenters. The van der Waals surface area contributed by atoms with Crippen LogP contribution >= 0.6 is 0 Å². The number of rotatable bonds is 7. The Kier molecular flexibility index (Phi) is 16.5. The van der Waals surface area contributed by atoms with Gasteiger partial charge in [0.1, 0.15) is 42.1 Å². The summed E-state index contributed by atoms with van der Waals surface area (Å²) in [6.07, 6.45) is -1.53. The Labute approximate surface area is 361 Å². The van der Waals surface area contributed by atoms with E-state index in [-0.39, 0.29) is 31.2 Å². The third-order valence-electron chi connectivity index (χ3n) is 11.2. The Morgan fingerprint density at radius 3 is 2.16 bits per heavy atom. The summed E-state index contributed by atoms with van der Waals surface area (Å²) < 4.78 is 5.89. The molecule has 0 bridgehead atoms. The maximum Gasteiger partial charge on any atom is 0.333 e. The standard InChI is InChI=1S/C43H60N8O11/c1-22(2)18-29-41(59)51-20-28(52)19-30(51)42(60)49(8)21-32(54)47-33(24(5)23(3)4)37(55)45-25(6)40(58)50(9)36(27-14-11-10-12-15-27)43(61)62-26(7)34(38(56)46-29)48-39(57)35-31(53)16-13-17-44-35/h10-17,22-26,28-30,33-34,36,52-53H,18-21H2,1-9H3,(H,45,55)(H,46,56)(H,47,54)(H,48,57)/t24-,25+,26+,28-,29+,30-,33+,34+,36-/m1/s1. The van der Waals surface area contributed by atoms with Gasteiger partial charge in [0, 0.05) is 33.3 Å². The highest BCUT2D eigenvalue weighted by Gasteiger charge is 2.45. The van der Waals surface area contributed by atoms with E-state index in [1.54, 1.807) is 51.1 Å². The van der Waals surface area contributed by atoms with E-state index in [1.165, 1.54) is 46.3 Å². The lowest BCUT2D eigenvalue weighted by Crippen LogP contribution is -2.60. The van der Waals surface area contributed by atoms with Crippen LogP contribution in [-0.2, 0) is 38.3 Å². The number of nitrogens with zero attached hydrogens (tertiary/aromatic N) is 4. The summed E-state index contributed by atoms with van der Waals surface area (Å²) in [5.41, 5.74) is -0.148. The fourth-order valence-electron chi connectivity index (χ4n) is 7.48. The maximum atomic E-state index is 14.4. The number of aliphatic hydroxyl groups excluding tert-OH is 1. The van der Waals surface area contributed by atoms with Crippen molar-refractivity contribution in [3.05, 3.63) is 59.9 Å². The zero-order chi connectivity index (χ0) is 46.2. The van der Waals surface area contributed by atoms with Crippen LogP contribution in [0.1, 0.15) is 83.4 Å². The molecule has 4 rings (SSSR count). The van der Waals surface area contributed by atoms with Crippen LogP contribution in [0.25, 0.3) is 0 Å². The second-order valence-corrected chi connectivity index (χ2v) is 16.9. The van der Waals surface area contributed by atoms with Crippen molar-refractivity contribution < 1.29 is 53.3 Å². The zero-order valence-corrected chi connectivity index (χ0v) is 36.7. The molecule has 1 aromatic carbocycles. The van der Waals surface area contributed by atoms with Crippen molar-refractivity contribution in [2.24, 2.45) is 17.8 Å². The molecule has 2 saturated heterocycles. The summed E-state index contributed by atoms with van der Waals surface area (Å²) in [6, 6.07) is 2.53. The van der Waals surface area contributed by atoms with Gasteiger partial charge >= 0.3 is 5.97 Å². The molecule has 0 spiro atoms. The number of esters is 1. The number of cyclic esters (lactones) is 1. The molecule has 62 heavy (non-hydrogen) atoms. The maximum absolute atomic E-state index is 14.4. The number of ether oxygens (including phenoxy) is 1. The molecule has 0 aliphatic carbocycles. The van der Waals surface area contributed by atoms with Gasteiger partial charge in [-0.3, -0.25) is 33.6 Å². The van der Waals surface area contributed by atoms with Crippen LogP contribution in [0.5, 0.6) is 5.75 Å². The third-order valence-corrected chi connectivity index (χ3v) is 11.2. The topological polar surface area (TPSA) is 257 Å². The van der Waals surface area contributed by atoms with Gasteiger partial charge in [0.25, 0.3) is 5.91 Å². The molecule has 3 heterocycles. The number of benzene rings is 1. The SMILES string of the molecule is CC(C)C[C@@H]1NC(=O)[C@@H](NC(=O)c2ncccc2O)[C@H](C)OC(=O)[C@@H](c2ccccc2)N(C)C(=O)[C@H](C)NC(=O)[C@H]([C@H](C)C(C)C)NC(=O)CN(C)C(=O)[C@H]2C[C@@H](O)CN2C1=O. The number of likely N-dealkylation sites (N-methyl/N-ethyl adjacent to an activating group) is 2. The Hall–Kier alpha value is -6.11. The average molecular weight is 865 g/mol. The molecule has 19 heteroatoms. The van der Waals surface area contributed by atoms with E-state index in [4.69, 9.17) is 4.74 Å². The Bertz CT molecular complexity index is 1980. The number of carbonyl (C=O) groups excluding carboxylic acids is 8. The monoisotopic (exact) mass is 864 g/mol. The number of pyridine rings is 1. The highest BCUT2D eigenvalue weighted by atomic mass is 16.5. The van der Waals surface area contributed by atoms with Crippen molar-refractivity contribution in [2.45, 2.75) is 110 Å². The Morgan fingerprint density at radius 2 is 1.55 bits per heavy atom. The fourth-order valence-corrected chi connectivity index (χ4v) is 7.48. The molecule has 2 aromatic rings. The van der Waals surface area contributed by atoms with Crippen LogP contribution < -0.4 is 21.3 Å². The normalized spacial score (nSPS) is 27.1. The number of hydrogen-bond acceptors (Lipinski definition) is 12. The Morgan fingerprint density at radius 1 is 0.887 bits per heavy atom. The second kappa shape index (κ2) is 21.1. The van der Waals surface area contributed by atoms with Gasteiger partial charge in [-0.2, -0.15) is 0 Å². The van der Waals surface area contributed by atoms with Crippen molar-refractivity contribution in [3.8, 4) is 5.75 Å². The molecule has 2 fully saturated rings. The summed E-state index contributed by atoms with van der Waals surface area (Å²) in [4.78, 5) is 119. The minimum absolute atomic E-state index is 0.0326. The molecule has 7 amide bonds. The molecule has 0 radical (unpaired) electrons. The van der Waals surface area contributed by atoms with E-state index in [0.717, 1.165) is 14.7 Å². The van der Waals surface area contributed by atoms with E-state index < -0.39 is 120 Å². The first-order valence-corrected chi connectivity index (χ1v) is 20.7. The molecule has 0 saturated carbocycles. The van der Waals surface area contributed by atoms with Gasteiger partial charge in [0.05, 0.1) is 12.6 Å². The third kappa shape index (κ3) is 11.8. The van der Waals surface area contributed by atoms with E-state index in [9.17, 15) is 48.6 Å². The van der Waals surface area contributed by atoms with Gasteiger partial charge in [-0.25, -0.2) is 9.78 Å². The van der Waals surface area contributed by atoms with Crippen LogP contribution in [0.2, 0.25) is 0 Å².